The molecule has 8 heteroatoms. The maximum Gasteiger partial charge on any atom is 0.240 e. The Morgan fingerprint density at radius 2 is 1.90 bits per heavy atom. The Kier molecular flexibility index (Phi) is 6.63. The summed E-state index contributed by atoms with van der Waals surface area (Å²) >= 11 is 0. The summed E-state index contributed by atoms with van der Waals surface area (Å²) < 4.78 is 27.7. The molecule has 2 unspecified atom stereocenters. The lowest BCUT2D eigenvalue weighted by atomic mass is 9.96. The van der Waals surface area contributed by atoms with Crippen molar-refractivity contribution in [1.82, 2.24) is 14.5 Å². The number of likely N-dealkylation sites (tertiary alicyclic amines) is 2. The van der Waals surface area contributed by atoms with Crippen molar-refractivity contribution < 1.29 is 18.0 Å². The van der Waals surface area contributed by atoms with Gasteiger partial charge >= 0.3 is 0 Å². The van der Waals surface area contributed by atoms with E-state index in [1.165, 1.54) is 0 Å². The van der Waals surface area contributed by atoms with Gasteiger partial charge in [-0.1, -0.05) is 17.7 Å². The van der Waals surface area contributed by atoms with Crippen LogP contribution in [0.2, 0.25) is 0 Å². The van der Waals surface area contributed by atoms with Crippen molar-refractivity contribution in [3.05, 3.63) is 29.8 Å². The third-order valence-electron chi connectivity index (χ3n) is 5.86. The molecule has 2 saturated heterocycles. The third-order valence-corrected chi connectivity index (χ3v) is 7.29. The van der Waals surface area contributed by atoms with E-state index in [0.29, 0.717) is 26.2 Å². The highest BCUT2D eigenvalue weighted by atomic mass is 32.2. The van der Waals surface area contributed by atoms with Crippen LogP contribution < -0.4 is 4.72 Å². The second-order valence-electron chi connectivity index (χ2n) is 8.50. The van der Waals surface area contributed by atoms with Gasteiger partial charge < -0.3 is 9.80 Å². The summed E-state index contributed by atoms with van der Waals surface area (Å²) in [7, 11) is -3.56. The second kappa shape index (κ2) is 8.83. The van der Waals surface area contributed by atoms with Gasteiger partial charge in [-0.2, -0.15) is 0 Å². The molecule has 0 saturated carbocycles. The Bertz CT molecular complexity index is 851. The van der Waals surface area contributed by atoms with Crippen molar-refractivity contribution in [2.75, 3.05) is 26.2 Å². The number of aryl methyl sites for hydroxylation is 1. The highest BCUT2D eigenvalue weighted by Gasteiger charge is 2.38. The topological polar surface area (TPSA) is 86.8 Å². The number of sulfonamides is 1. The number of carbonyl (C=O) groups is 2. The molecule has 1 N–H and O–H groups in total. The standard InChI is InChI=1S/C21H31N3O4S/c1-15(2)24-14-18(11-20(24)25)21(26)23-10-4-5-17(13-23)12-22-29(27,28)19-8-6-16(3)7-9-19/h6-9,15,17-18,22H,4-5,10-14H2,1-3H3. The first-order valence-corrected chi connectivity index (χ1v) is 11.8. The fourth-order valence-electron chi connectivity index (χ4n) is 4.11. The van der Waals surface area contributed by atoms with Gasteiger partial charge in [0.1, 0.15) is 0 Å². The Morgan fingerprint density at radius 1 is 1.21 bits per heavy atom. The van der Waals surface area contributed by atoms with Gasteiger partial charge in [-0.25, -0.2) is 13.1 Å². The maximum atomic E-state index is 12.9. The molecule has 3 rings (SSSR count). The highest BCUT2D eigenvalue weighted by Crippen LogP contribution is 2.25. The normalized spacial score (nSPS) is 23.1. The van der Waals surface area contributed by atoms with Crippen LogP contribution in [0.25, 0.3) is 0 Å². The predicted molar refractivity (Wildman–Crippen MR) is 111 cm³/mol. The molecule has 0 aliphatic carbocycles. The van der Waals surface area contributed by atoms with Crippen molar-refractivity contribution in [3.8, 4) is 0 Å². The summed E-state index contributed by atoms with van der Waals surface area (Å²) in [5, 5.41) is 0. The van der Waals surface area contributed by atoms with Gasteiger partial charge in [0.2, 0.25) is 21.8 Å². The molecular formula is C21H31N3O4S. The van der Waals surface area contributed by atoms with Crippen LogP contribution in [0, 0.1) is 18.8 Å². The minimum absolute atomic E-state index is 0.0209. The summed E-state index contributed by atoms with van der Waals surface area (Å²) in [5.74, 6) is -0.149. The zero-order valence-corrected chi connectivity index (χ0v) is 18.2. The summed E-state index contributed by atoms with van der Waals surface area (Å²) in [6.45, 7) is 7.83. The van der Waals surface area contributed by atoms with E-state index in [1.54, 1.807) is 29.2 Å². The SMILES string of the molecule is Cc1ccc(S(=O)(=O)NCC2CCCN(C(=O)C3CC(=O)N(C(C)C)C3)C2)cc1. The van der Waals surface area contributed by atoms with E-state index in [0.717, 1.165) is 18.4 Å². The number of nitrogens with one attached hydrogen (secondary N) is 1. The fourth-order valence-corrected chi connectivity index (χ4v) is 5.23. The van der Waals surface area contributed by atoms with Crippen molar-refractivity contribution in [3.63, 3.8) is 0 Å². The molecule has 1 aromatic carbocycles. The number of amides is 2. The maximum absolute atomic E-state index is 12.9. The first-order chi connectivity index (χ1) is 13.7. The van der Waals surface area contributed by atoms with Crippen LogP contribution in [0.3, 0.4) is 0 Å². The summed E-state index contributed by atoms with van der Waals surface area (Å²) in [4.78, 5) is 28.9. The van der Waals surface area contributed by atoms with Gasteiger partial charge in [-0.15, -0.1) is 0 Å². The lowest BCUT2D eigenvalue weighted by molar-refractivity contribution is -0.137. The number of piperidine rings is 1. The number of hydrogen-bond donors (Lipinski definition) is 1. The molecule has 0 radical (unpaired) electrons. The Balaban J connectivity index is 1.56. The third kappa shape index (κ3) is 5.17. The molecule has 0 aromatic heterocycles. The van der Waals surface area contributed by atoms with Gasteiger partial charge in [-0.05, 0) is 51.7 Å². The Labute approximate surface area is 173 Å². The molecule has 1 aromatic rings. The molecule has 2 aliphatic heterocycles. The number of carbonyl (C=O) groups excluding carboxylic acids is 2. The van der Waals surface area contributed by atoms with E-state index in [2.05, 4.69) is 4.72 Å². The highest BCUT2D eigenvalue weighted by molar-refractivity contribution is 7.89. The van der Waals surface area contributed by atoms with E-state index in [-0.39, 0.29) is 41.0 Å². The smallest absolute Gasteiger partial charge is 0.240 e. The van der Waals surface area contributed by atoms with Crippen molar-refractivity contribution in [2.24, 2.45) is 11.8 Å². The van der Waals surface area contributed by atoms with E-state index in [9.17, 15) is 18.0 Å². The van der Waals surface area contributed by atoms with E-state index in [1.807, 2.05) is 25.7 Å². The van der Waals surface area contributed by atoms with E-state index >= 15 is 0 Å². The zero-order valence-electron chi connectivity index (χ0n) is 17.4. The van der Waals surface area contributed by atoms with Crippen LogP contribution in [-0.4, -0.2) is 62.3 Å². The lowest BCUT2D eigenvalue weighted by Crippen LogP contribution is -2.46. The second-order valence-corrected chi connectivity index (χ2v) is 10.3. The van der Waals surface area contributed by atoms with Crippen LogP contribution in [0.4, 0.5) is 0 Å². The first-order valence-electron chi connectivity index (χ1n) is 10.3. The van der Waals surface area contributed by atoms with Gasteiger partial charge in [-0.3, -0.25) is 9.59 Å². The monoisotopic (exact) mass is 421 g/mol. The van der Waals surface area contributed by atoms with Crippen LogP contribution in [0.5, 0.6) is 0 Å². The molecule has 2 atom stereocenters. The van der Waals surface area contributed by atoms with Crippen LogP contribution in [0.15, 0.2) is 29.2 Å². The van der Waals surface area contributed by atoms with Crippen molar-refractivity contribution >= 4 is 21.8 Å². The predicted octanol–water partition coefficient (Wildman–Crippen LogP) is 1.77. The van der Waals surface area contributed by atoms with E-state index < -0.39 is 10.0 Å². The molecular weight excluding hydrogens is 390 g/mol. The molecule has 0 bridgehead atoms. The average Bonchev–Trinajstić information content (AvgIpc) is 3.08. The van der Waals surface area contributed by atoms with Gasteiger partial charge in [0.25, 0.3) is 0 Å². The summed E-state index contributed by atoms with van der Waals surface area (Å²) in [5.41, 5.74) is 1.01. The number of hydrogen-bond acceptors (Lipinski definition) is 4. The van der Waals surface area contributed by atoms with Crippen molar-refractivity contribution in [1.29, 1.82) is 0 Å². The van der Waals surface area contributed by atoms with Gasteiger partial charge in [0.05, 0.1) is 10.8 Å². The molecule has 0 spiro atoms. The first kappa shape index (κ1) is 21.8. The quantitative estimate of drug-likeness (QED) is 0.758. The van der Waals surface area contributed by atoms with Crippen LogP contribution >= 0.6 is 0 Å². The van der Waals surface area contributed by atoms with Gasteiger partial charge in [0, 0.05) is 38.6 Å². The molecule has 2 amide bonds. The molecule has 2 aliphatic rings. The average molecular weight is 422 g/mol. The largest absolute Gasteiger partial charge is 0.342 e. The molecule has 29 heavy (non-hydrogen) atoms. The molecule has 2 fully saturated rings. The van der Waals surface area contributed by atoms with Crippen molar-refractivity contribution in [2.45, 2.75) is 51.0 Å². The molecule has 7 nitrogen and oxygen atoms in total. The summed E-state index contributed by atoms with van der Waals surface area (Å²) in [6, 6.07) is 6.86. The van der Waals surface area contributed by atoms with E-state index in [4.69, 9.17) is 0 Å². The fraction of sp³-hybridized carbons (Fsp3) is 0.619. The Hall–Kier alpha value is -1.93. The Morgan fingerprint density at radius 3 is 2.52 bits per heavy atom. The zero-order chi connectivity index (χ0) is 21.2. The van der Waals surface area contributed by atoms with Gasteiger partial charge in [0.15, 0.2) is 0 Å². The molecule has 160 valence electrons. The number of rotatable bonds is 6. The summed E-state index contributed by atoms with van der Waals surface area (Å²) in [6.07, 6.45) is 2.00. The number of benzene rings is 1. The minimum Gasteiger partial charge on any atom is -0.342 e. The van der Waals surface area contributed by atoms with Crippen LogP contribution in [-0.2, 0) is 19.6 Å². The molecule has 2 heterocycles. The lowest BCUT2D eigenvalue weighted by Gasteiger charge is -2.34. The van der Waals surface area contributed by atoms with Crippen LogP contribution in [0.1, 0.15) is 38.7 Å². The number of nitrogens with zero attached hydrogens (tertiary/aromatic N) is 2. The minimum atomic E-state index is -3.56.